The molecule has 2 aromatic rings. The molecule has 3 rings (SSSR count). The summed E-state index contributed by atoms with van der Waals surface area (Å²) in [5.74, 6) is -0.0736. The Labute approximate surface area is 162 Å². The Kier molecular flexibility index (Phi) is 5.39. The maximum Gasteiger partial charge on any atom is 0.425 e. The lowest BCUT2D eigenvalue weighted by Gasteiger charge is -2.33. The standard InChI is InChI=1S/C21H23F3N2O2/c1-14-11-17(20(27,21(22,23)24)15-7-5-4-6-8-15)19(28-3)12-18(14)25-13-26(2)16-9-10-16/h4-8,11-13,16,27H,9-10H2,1-3H3. The molecule has 0 radical (unpaired) electrons. The van der Waals surface area contributed by atoms with Gasteiger partial charge in [-0.3, -0.25) is 0 Å². The number of aliphatic hydroxyl groups is 1. The molecule has 0 heterocycles. The van der Waals surface area contributed by atoms with E-state index in [-0.39, 0.29) is 16.9 Å². The van der Waals surface area contributed by atoms with Crippen molar-refractivity contribution in [3.05, 3.63) is 59.2 Å². The van der Waals surface area contributed by atoms with Gasteiger partial charge in [0.2, 0.25) is 5.60 Å². The first-order valence-corrected chi connectivity index (χ1v) is 8.98. The smallest absolute Gasteiger partial charge is 0.425 e. The summed E-state index contributed by atoms with van der Waals surface area (Å²) in [6.07, 6.45) is -1.05. The molecule has 1 aliphatic carbocycles. The highest BCUT2D eigenvalue weighted by atomic mass is 19.4. The maximum absolute atomic E-state index is 14.0. The van der Waals surface area contributed by atoms with E-state index < -0.39 is 11.8 Å². The van der Waals surface area contributed by atoms with Crippen molar-refractivity contribution in [2.75, 3.05) is 14.2 Å². The van der Waals surface area contributed by atoms with Gasteiger partial charge in [-0.1, -0.05) is 30.3 Å². The van der Waals surface area contributed by atoms with Gasteiger partial charge in [-0.25, -0.2) is 4.99 Å². The number of hydrogen-bond donors (Lipinski definition) is 1. The molecule has 1 unspecified atom stereocenters. The maximum atomic E-state index is 14.0. The number of alkyl halides is 3. The van der Waals surface area contributed by atoms with Crippen LogP contribution in [0.25, 0.3) is 0 Å². The summed E-state index contributed by atoms with van der Waals surface area (Å²) in [5, 5.41) is 10.9. The van der Waals surface area contributed by atoms with Crippen LogP contribution in [0.5, 0.6) is 5.75 Å². The largest absolute Gasteiger partial charge is 0.496 e. The van der Waals surface area contributed by atoms with E-state index in [1.807, 2.05) is 11.9 Å². The molecule has 1 saturated carbocycles. The fraction of sp³-hybridized carbons (Fsp3) is 0.381. The molecular formula is C21H23F3N2O2. The topological polar surface area (TPSA) is 45.1 Å². The quantitative estimate of drug-likeness (QED) is 0.579. The van der Waals surface area contributed by atoms with Crippen LogP contribution in [-0.4, -0.2) is 42.7 Å². The first kappa shape index (κ1) is 20.2. The van der Waals surface area contributed by atoms with Crippen molar-refractivity contribution in [2.45, 2.75) is 37.6 Å². The van der Waals surface area contributed by atoms with Crippen LogP contribution in [0.15, 0.2) is 47.5 Å². The number of benzene rings is 2. The second-order valence-corrected chi connectivity index (χ2v) is 7.05. The average molecular weight is 392 g/mol. The van der Waals surface area contributed by atoms with Gasteiger partial charge in [0.25, 0.3) is 0 Å². The SMILES string of the molecule is COc1cc(N=CN(C)C2CC2)c(C)cc1C(O)(c1ccccc1)C(F)(F)F. The second kappa shape index (κ2) is 7.47. The molecular weight excluding hydrogens is 369 g/mol. The van der Waals surface area contributed by atoms with Gasteiger partial charge < -0.3 is 14.7 Å². The van der Waals surface area contributed by atoms with Crippen LogP contribution in [0.4, 0.5) is 18.9 Å². The number of ether oxygens (including phenoxy) is 1. The highest BCUT2D eigenvalue weighted by Crippen LogP contribution is 2.48. The number of hydrogen-bond acceptors (Lipinski definition) is 3. The van der Waals surface area contributed by atoms with E-state index in [9.17, 15) is 18.3 Å². The van der Waals surface area contributed by atoms with Crippen LogP contribution in [-0.2, 0) is 5.60 Å². The van der Waals surface area contributed by atoms with Crippen LogP contribution in [0, 0.1) is 6.92 Å². The highest BCUT2D eigenvalue weighted by molar-refractivity contribution is 5.66. The molecule has 7 heteroatoms. The summed E-state index contributed by atoms with van der Waals surface area (Å²) in [6, 6.07) is 10.2. The van der Waals surface area contributed by atoms with E-state index in [4.69, 9.17) is 4.74 Å². The van der Waals surface area contributed by atoms with E-state index in [1.165, 1.54) is 43.5 Å². The number of nitrogens with zero attached hydrogens (tertiary/aromatic N) is 2. The summed E-state index contributed by atoms with van der Waals surface area (Å²) >= 11 is 0. The Hall–Kier alpha value is -2.54. The number of aryl methyl sites for hydroxylation is 1. The molecule has 150 valence electrons. The third kappa shape index (κ3) is 3.71. The van der Waals surface area contributed by atoms with Gasteiger partial charge >= 0.3 is 6.18 Å². The molecule has 0 aromatic heterocycles. The van der Waals surface area contributed by atoms with Gasteiger partial charge in [0.15, 0.2) is 0 Å². The summed E-state index contributed by atoms with van der Waals surface area (Å²) in [6.45, 7) is 1.66. The fourth-order valence-electron chi connectivity index (χ4n) is 3.15. The fourth-order valence-corrected chi connectivity index (χ4v) is 3.15. The first-order chi connectivity index (χ1) is 13.2. The van der Waals surface area contributed by atoms with Crippen molar-refractivity contribution in [3.63, 3.8) is 0 Å². The monoisotopic (exact) mass is 392 g/mol. The van der Waals surface area contributed by atoms with E-state index in [2.05, 4.69) is 4.99 Å². The van der Waals surface area contributed by atoms with Crippen LogP contribution in [0.2, 0.25) is 0 Å². The van der Waals surface area contributed by atoms with Crippen molar-refractivity contribution in [1.82, 2.24) is 4.90 Å². The lowest BCUT2D eigenvalue weighted by molar-refractivity contribution is -0.248. The van der Waals surface area contributed by atoms with E-state index in [0.29, 0.717) is 17.3 Å². The number of aliphatic imine (C=N–C) groups is 1. The normalized spacial score (nSPS) is 16.8. The predicted molar refractivity (Wildman–Crippen MR) is 102 cm³/mol. The number of halogens is 3. The molecule has 0 amide bonds. The van der Waals surface area contributed by atoms with Crippen molar-refractivity contribution < 1.29 is 23.0 Å². The summed E-state index contributed by atoms with van der Waals surface area (Å²) in [5.41, 5.74) is -2.83. The lowest BCUT2D eigenvalue weighted by Crippen LogP contribution is -2.43. The zero-order chi connectivity index (χ0) is 20.5. The average Bonchev–Trinajstić information content (AvgIpc) is 3.51. The molecule has 1 fully saturated rings. The Morgan fingerprint density at radius 1 is 1.18 bits per heavy atom. The molecule has 4 nitrogen and oxygen atoms in total. The summed E-state index contributed by atoms with van der Waals surface area (Å²) in [4.78, 5) is 6.37. The van der Waals surface area contributed by atoms with Crippen LogP contribution < -0.4 is 4.74 Å². The zero-order valence-electron chi connectivity index (χ0n) is 16.0. The van der Waals surface area contributed by atoms with Gasteiger partial charge in [0.1, 0.15) is 5.75 Å². The predicted octanol–water partition coefficient (Wildman–Crippen LogP) is 4.56. The second-order valence-electron chi connectivity index (χ2n) is 7.05. The molecule has 0 saturated heterocycles. The molecule has 1 atom stereocenters. The van der Waals surface area contributed by atoms with Crippen LogP contribution >= 0.6 is 0 Å². The molecule has 0 aliphatic heterocycles. The van der Waals surface area contributed by atoms with Gasteiger partial charge in [0, 0.05) is 24.7 Å². The van der Waals surface area contributed by atoms with E-state index in [1.54, 1.807) is 19.3 Å². The molecule has 2 aromatic carbocycles. The summed E-state index contributed by atoms with van der Waals surface area (Å²) < 4.78 is 47.3. The minimum absolute atomic E-state index is 0.0736. The van der Waals surface area contributed by atoms with Crippen molar-refractivity contribution >= 4 is 12.0 Å². The molecule has 28 heavy (non-hydrogen) atoms. The minimum Gasteiger partial charge on any atom is -0.496 e. The molecule has 1 aliphatic rings. The first-order valence-electron chi connectivity index (χ1n) is 8.98. The van der Waals surface area contributed by atoms with Crippen LogP contribution in [0.1, 0.15) is 29.5 Å². The Bertz CT molecular complexity index is 864. The van der Waals surface area contributed by atoms with Crippen LogP contribution in [0.3, 0.4) is 0 Å². The van der Waals surface area contributed by atoms with Gasteiger partial charge in [-0.05, 0) is 37.0 Å². The Balaban J connectivity index is 2.10. The number of methoxy groups -OCH3 is 1. The minimum atomic E-state index is -4.94. The molecule has 0 bridgehead atoms. The van der Waals surface area contributed by atoms with Crippen molar-refractivity contribution in [3.8, 4) is 5.75 Å². The highest BCUT2D eigenvalue weighted by Gasteiger charge is 2.57. The van der Waals surface area contributed by atoms with Gasteiger partial charge in [0.05, 0.1) is 19.1 Å². The molecule has 1 N–H and O–H groups in total. The zero-order valence-corrected chi connectivity index (χ0v) is 16.0. The Morgan fingerprint density at radius 3 is 2.36 bits per heavy atom. The lowest BCUT2D eigenvalue weighted by atomic mass is 9.84. The Morgan fingerprint density at radius 2 is 1.82 bits per heavy atom. The van der Waals surface area contributed by atoms with Gasteiger partial charge in [-0.2, -0.15) is 13.2 Å². The third-order valence-corrected chi connectivity index (χ3v) is 5.01. The summed E-state index contributed by atoms with van der Waals surface area (Å²) in [7, 11) is 3.19. The van der Waals surface area contributed by atoms with Gasteiger partial charge in [-0.15, -0.1) is 0 Å². The van der Waals surface area contributed by atoms with E-state index >= 15 is 0 Å². The van der Waals surface area contributed by atoms with Crippen molar-refractivity contribution in [1.29, 1.82) is 0 Å². The van der Waals surface area contributed by atoms with Crippen molar-refractivity contribution in [2.24, 2.45) is 4.99 Å². The van der Waals surface area contributed by atoms with E-state index in [0.717, 1.165) is 12.8 Å². The third-order valence-electron chi connectivity index (χ3n) is 5.01. The molecule has 0 spiro atoms. The number of rotatable bonds is 6.